The fourth-order valence-electron chi connectivity index (χ4n) is 3.76. The maximum atomic E-state index is 13.6. The summed E-state index contributed by atoms with van der Waals surface area (Å²) >= 11 is 0. The Morgan fingerprint density at radius 1 is 0.815 bits per heavy atom. The van der Waals surface area contributed by atoms with Crippen molar-refractivity contribution >= 4 is 16.7 Å². The van der Waals surface area contributed by atoms with E-state index in [1.54, 1.807) is 0 Å². The van der Waals surface area contributed by atoms with Crippen LogP contribution in [0.5, 0.6) is 0 Å². The van der Waals surface area contributed by atoms with E-state index < -0.39 is 6.10 Å². The molecule has 0 fully saturated rings. The van der Waals surface area contributed by atoms with E-state index in [1.807, 2.05) is 99.3 Å². The van der Waals surface area contributed by atoms with E-state index in [0.717, 1.165) is 16.3 Å². The molecule has 3 rings (SSSR count). The average Bonchev–Trinajstić information content (AvgIpc) is 2.66. The molecule has 0 heterocycles. The standard InChI is InChI=1S/C24H27NO2/c1-16(2)25(17(3)4)24(27)22-20-13-9-8-10-18(20)14-15-21(22)23(26)19-11-6-5-7-12-19/h5-17,23,26H,1-4H3/t23-/m0/s1. The number of nitrogens with zero attached hydrogens (tertiary/aromatic N) is 1. The SMILES string of the molecule is CC(C)N(C(=O)c1c([C@@H](O)c2ccccc2)ccc2ccccc12)C(C)C. The quantitative estimate of drug-likeness (QED) is 0.680. The molecule has 0 unspecified atom stereocenters. The second-order valence-corrected chi connectivity index (χ2v) is 7.46. The van der Waals surface area contributed by atoms with E-state index in [9.17, 15) is 9.90 Å². The van der Waals surface area contributed by atoms with Crippen LogP contribution in [-0.4, -0.2) is 28.0 Å². The van der Waals surface area contributed by atoms with Gasteiger partial charge in [0.05, 0.1) is 5.56 Å². The van der Waals surface area contributed by atoms with Gasteiger partial charge in [-0.25, -0.2) is 0 Å². The molecule has 27 heavy (non-hydrogen) atoms. The summed E-state index contributed by atoms with van der Waals surface area (Å²) in [6.07, 6.45) is -0.851. The molecular weight excluding hydrogens is 334 g/mol. The van der Waals surface area contributed by atoms with Gasteiger partial charge in [-0.2, -0.15) is 0 Å². The van der Waals surface area contributed by atoms with Gasteiger partial charge in [-0.15, -0.1) is 0 Å². The van der Waals surface area contributed by atoms with Gasteiger partial charge in [0.2, 0.25) is 0 Å². The third-order valence-corrected chi connectivity index (χ3v) is 4.93. The number of aliphatic hydroxyl groups excluding tert-OH is 1. The topological polar surface area (TPSA) is 40.5 Å². The highest BCUT2D eigenvalue weighted by Gasteiger charge is 2.28. The lowest BCUT2D eigenvalue weighted by Crippen LogP contribution is -2.42. The number of fused-ring (bicyclic) bond motifs is 1. The molecule has 3 aromatic rings. The summed E-state index contributed by atoms with van der Waals surface area (Å²) in [5.74, 6) is -0.0400. The highest BCUT2D eigenvalue weighted by atomic mass is 16.3. The molecule has 1 amide bonds. The zero-order valence-corrected chi connectivity index (χ0v) is 16.4. The summed E-state index contributed by atoms with van der Waals surface area (Å²) < 4.78 is 0. The molecule has 3 nitrogen and oxygen atoms in total. The van der Waals surface area contributed by atoms with Crippen LogP contribution in [0, 0.1) is 0 Å². The minimum Gasteiger partial charge on any atom is -0.384 e. The Morgan fingerprint density at radius 3 is 2.04 bits per heavy atom. The second-order valence-electron chi connectivity index (χ2n) is 7.46. The largest absolute Gasteiger partial charge is 0.384 e. The smallest absolute Gasteiger partial charge is 0.255 e. The fraction of sp³-hybridized carbons (Fsp3) is 0.292. The van der Waals surface area contributed by atoms with Crippen molar-refractivity contribution in [3.8, 4) is 0 Å². The van der Waals surface area contributed by atoms with E-state index >= 15 is 0 Å². The fourth-order valence-corrected chi connectivity index (χ4v) is 3.76. The molecule has 0 saturated carbocycles. The Balaban J connectivity index is 2.23. The molecule has 0 bridgehead atoms. The number of hydrogen-bond donors (Lipinski definition) is 1. The summed E-state index contributed by atoms with van der Waals surface area (Å²) in [7, 11) is 0. The Bertz CT molecular complexity index is 924. The first kappa shape index (κ1) is 19.1. The van der Waals surface area contributed by atoms with Crippen LogP contribution < -0.4 is 0 Å². The number of benzene rings is 3. The van der Waals surface area contributed by atoms with E-state index in [2.05, 4.69) is 0 Å². The molecule has 0 saturated heterocycles. The van der Waals surface area contributed by atoms with Crippen molar-refractivity contribution in [2.45, 2.75) is 45.9 Å². The van der Waals surface area contributed by atoms with E-state index in [0.29, 0.717) is 11.1 Å². The highest BCUT2D eigenvalue weighted by Crippen LogP contribution is 2.32. The first-order valence-electron chi connectivity index (χ1n) is 9.49. The van der Waals surface area contributed by atoms with Crippen molar-refractivity contribution in [3.63, 3.8) is 0 Å². The van der Waals surface area contributed by atoms with Gasteiger partial charge >= 0.3 is 0 Å². The van der Waals surface area contributed by atoms with E-state index in [4.69, 9.17) is 0 Å². The average molecular weight is 361 g/mol. The van der Waals surface area contributed by atoms with Crippen molar-refractivity contribution in [3.05, 3.63) is 83.4 Å². The zero-order chi connectivity index (χ0) is 19.6. The minimum absolute atomic E-state index is 0.0400. The predicted octanol–water partition coefficient (Wildman–Crippen LogP) is 5.18. The number of rotatable bonds is 5. The Morgan fingerprint density at radius 2 is 1.41 bits per heavy atom. The Kier molecular flexibility index (Phi) is 5.62. The molecule has 140 valence electrons. The van der Waals surface area contributed by atoms with Gasteiger partial charge in [-0.05, 0) is 49.6 Å². The van der Waals surface area contributed by atoms with Crippen LogP contribution >= 0.6 is 0 Å². The molecule has 0 spiro atoms. The molecule has 0 aromatic heterocycles. The number of hydrogen-bond acceptors (Lipinski definition) is 2. The molecule has 0 radical (unpaired) electrons. The lowest BCUT2D eigenvalue weighted by atomic mass is 9.91. The van der Waals surface area contributed by atoms with Gasteiger partial charge in [-0.3, -0.25) is 4.79 Å². The lowest BCUT2D eigenvalue weighted by molar-refractivity contribution is 0.0641. The maximum Gasteiger partial charge on any atom is 0.255 e. The zero-order valence-electron chi connectivity index (χ0n) is 16.4. The van der Waals surface area contributed by atoms with E-state index in [-0.39, 0.29) is 18.0 Å². The first-order valence-corrected chi connectivity index (χ1v) is 9.49. The van der Waals surface area contributed by atoms with Gasteiger partial charge in [0.1, 0.15) is 6.10 Å². The maximum absolute atomic E-state index is 13.6. The van der Waals surface area contributed by atoms with Gasteiger partial charge in [-0.1, -0.05) is 66.7 Å². The van der Waals surface area contributed by atoms with Gasteiger partial charge in [0.25, 0.3) is 5.91 Å². The molecule has 0 aliphatic carbocycles. The summed E-state index contributed by atoms with van der Waals surface area (Å²) in [5.41, 5.74) is 2.02. The van der Waals surface area contributed by atoms with Crippen LogP contribution in [0.15, 0.2) is 66.7 Å². The monoisotopic (exact) mass is 361 g/mol. The van der Waals surface area contributed by atoms with Crippen molar-refractivity contribution in [1.82, 2.24) is 4.90 Å². The van der Waals surface area contributed by atoms with Crippen LogP contribution in [0.2, 0.25) is 0 Å². The molecule has 3 aromatic carbocycles. The number of carbonyl (C=O) groups excluding carboxylic acids is 1. The normalized spacial score (nSPS) is 12.6. The van der Waals surface area contributed by atoms with Crippen LogP contribution in [-0.2, 0) is 0 Å². The van der Waals surface area contributed by atoms with Crippen LogP contribution in [0.1, 0.15) is 55.3 Å². The number of carbonyl (C=O) groups is 1. The Labute approximate surface area is 161 Å². The summed E-state index contributed by atoms with van der Waals surface area (Å²) in [6, 6.07) is 21.3. The molecule has 0 aliphatic rings. The van der Waals surface area contributed by atoms with Crippen LogP contribution in [0.4, 0.5) is 0 Å². The van der Waals surface area contributed by atoms with Crippen molar-refractivity contribution < 1.29 is 9.90 Å². The predicted molar refractivity (Wildman–Crippen MR) is 111 cm³/mol. The molecule has 1 atom stereocenters. The van der Waals surface area contributed by atoms with Crippen molar-refractivity contribution in [2.24, 2.45) is 0 Å². The second kappa shape index (κ2) is 7.93. The van der Waals surface area contributed by atoms with Crippen LogP contribution in [0.3, 0.4) is 0 Å². The molecular formula is C24H27NO2. The van der Waals surface area contributed by atoms with Gasteiger partial charge in [0, 0.05) is 12.1 Å². The minimum atomic E-state index is -0.851. The van der Waals surface area contributed by atoms with E-state index in [1.165, 1.54) is 0 Å². The highest BCUT2D eigenvalue weighted by molar-refractivity contribution is 6.08. The van der Waals surface area contributed by atoms with Crippen molar-refractivity contribution in [1.29, 1.82) is 0 Å². The number of amides is 1. The third kappa shape index (κ3) is 3.74. The lowest BCUT2D eigenvalue weighted by Gasteiger charge is -2.32. The third-order valence-electron chi connectivity index (χ3n) is 4.93. The van der Waals surface area contributed by atoms with Crippen molar-refractivity contribution in [2.75, 3.05) is 0 Å². The summed E-state index contributed by atoms with van der Waals surface area (Å²) in [5, 5.41) is 12.9. The van der Waals surface area contributed by atoms with Crippen LogP contribution in [0.25, 0.3) is 10.8 Å². The molecule has 1 N–H and O–H groups in total. The Hall–Kier alpha value is -2.65. The van der Waals surface area contributed by atoms with Gasteiger partial charge in [0.15, 0.2) is 0 Å². The first-order chi connectivity index (χ1) is 12.9. The molecule has 0 aliphatic heterocycles. The number of aliphatic hydroxyl groups is 1. The van der Waals surface area contributed by atoms with Gasteiger partial charge < -0.3 is 10.0 Å². The summed E-state index contributed by atoms with van der Waals surface area (Å²) in [6.45, 7) is 8.10. The summed E-state index contributed by atoms with van der Waals surface area (Å²) in [4.78, 5) is 15.5. The molecule has 3 heteroatoms.